The molecule has 1 unspecified atom stereocenters. The van der Waals surface area contributed by atoms with E-state index >= 15 is 8.78 Å². The first-order chi connectivity index (χ1) is 28.7. The molecular weight excluding hydrogens is 815 g/mol. The first kappa shape index (κ1) is 43.0. The van der Waals surface area contributed by atoms with Gasteiger partial charge < -0.3 is 29.7 Å². The molecule has 1 aromatic heterocycles. The summed E-state index contributed by atoms with van der Waals surface area (Å²) in [4.78, 5) is 33.5. The minimum absolute atomic E-state index is 0.0400. The van der Waals surface area contributed by atoms with Crippen molar-refractivity contribution < 1.29 is 39.9 Å². The van der Waals surface area contributed by atoms with E-state index < -0.39 is 43.0 Å². The normalized spacial score (nSPS) is 20.4. The van der Waals surface area contributed by atoms with Gasteiger partial charge in [-0.1, -0.05) is 30.7 Å². The van der Waals surface area contributed by atoms with Crippen LogP contribution in [0.25, 0.3) is 0 Å². The Morgan fingerprint density at radius 2 is 1.70 bits per heavy atom. The highest BCUT2D eigenvalue weighted by Gasteiger charge is 2.53. The molecule has 1 saturated carbocycles. The second-order valence-electron chi connectivity index (χ2n) is 16.0. The number of alkyl carbamates (subject to hydrolysis) is 1. The number of methoxy groups -OCH3 is 1. The zero-order chi connectivity index (χ0) is 42.7. The number of carbonyl (C=O) groups is 2. The fourth-order valence-corrected chi connectivity index (χ4v) is 11.3. The fourth-order valence-electron chi connectivity index (χ4n) is 9.52. The molecule has 60 heavy (non-hydrogen) atoms. The Morgan fingerprint density at radius 1 is 0.950 bits per heavy atom. The number of benzene rings is 3. The highest BCUT2D eigenvalue weighted by molar-refractivity contribution is 7.93. The van der Waals surface area contributed by atoms with Crippen LogP contribution in [0.3, 0.4) is 0 Å². The summed E-state index contributed by atoms with van der Waals surface area (Å²) in [6, 6.07) is 15.9. The summed E-state index contributed by atoms with van der Waals surface area (Å²) in [5, 5.41) is 6.57. The Labute approximate surface area is 349 Å². The number of halogens is 2. The number of hydrogen-bond donors (Lipinski definition) is 2. The van der Waals surface area contributed by atoms with Gasteiger partial charge in [0.05, 0.1) is 34.5 Å². The van der Waals surface area contributed by atoms with E-state index in [9.17, 15) is 26.4 Å². The number of amides is 2. The van der Waals surface area contributed by atoms with Crippen molar-refractivity contribution in [2.75, 3.05) is 57.5 Å². The molecule has 0 bridgehead atoms. The quantitative estimate of drug-likeness (QED) is 0.168. The SMILES string of the molecule is COC(=O)N[C@H]1CCC[C@@H]1C(c1cccc(F)c1)(C1CCN(CC2CN(c3ccc(S(=O)(=O)c4cccc(C(=O)NC/C=C/S(C)(=O)=O)c4)cc3F)C2)CC1)n1ccnc1. The number of ether oxygens (including phenoxy) is 1. The molecule has 7 rings (SSSR count). The molecule has 0 spiro atoms. The number of hydrogen-bond acceptors (Lipinski definition) is 10. The molecule has 1 aliphatic carbocycles. The number of imidazole rings is 1. The molecule has 17 heteroatoms. The molecule has 0 radical (unpaired) electrons. The van der Waals surface area contributed by atoms with Gasteiger partial charge >= 0.3 is 6.09 Å². The first-order valence-electron chi connectivity index (χ1n) is 20.0. The van der Waals surface area contributed by atoms with Gasteiger partial charge in [-0.2, -0.15) is 0 Å². The van der Waals surface area contributed by atoms with Crippen molar-refractivity contribution in [3.05, 3.63) is 120 Å². The molecule has 13 nitrogen and oxygen atoms in total. The average Bonchev–Trinajstić information content (AvgIpc) is 3.92. The van der Waals surface area contributed by atoms with Crippen LogP contribution in [0.5, 0.6) is 0 Å². The predicted octanol–water partition coefficient (Wildman–Crippen LogP) is 5.40. The zero-order valence-corrected chi connectivity index (χ0v) is 35.2. The Hall–Kier alpha value is -5.13. The minimum atomic E-state index is -4.17. The van der Waals surface area contributed by atoms with Crippen LogP contribution in [0.15, 0.2) is 107 Å². The number of nitrogens with one attached hydrogen (secondary N) is 2. The lowest BCUT2D eigenvalue weighted by Gasteiger charge is -2.52. The second kappa shape index (κ2) is 17.8. The van der Waals surface area contributed by atoms with E-state index in [0.717, 1.165) is 75.0 Å². The van der Waals surface area contributed by atoms with E-state index in [1.807, 2.05) is 23.5 Å². The van der Waals surface area contributed by atoms with Crippen molar-refractivity contribution in [1.82, 2.24) is 25.1 Å². The molecule has 2 saturated heterocycles. The van der Waals surface area contributed by atoms with Crippen molar-refractivity contribution in [1.29, 1.82) is 0 Å². The van der Waals surface area contributed by atoms with Gasteiger partial charge in [0.2, 0.25) is 9.84 Å². The van der Waals surface area contributed by atoms with E-state index in [0.29, 0.717) is 18.8 Å². The summed E-state index contributed by atoms with van der Waals surface area (Å²) in [7, 11) is -6.18. The number of nitrogens with zero attached hydrogens (tertiary/aromatic N) is 4. The topological polar surface area (TPSA) is 160 Å². The minimum Gasteiger partial charge on any atom is -0.453 e. The van der Waals surface area contributed by atoms with E-state index in [-0.39, 0.29) is 51.5 Å². The summed E-state index contributed by atoms with van der Waals surface area (Å²) in [5.41, 5.74) is 0.546. The zero-order valence-electron chi connectivity index (χ0n) is 33.5. The lowest BCUT2D eigenvalue weighted by Crippen LogP contribution is -2.57. The molecule has 3 aromatic carbocycles. The number of anilines is 1. The summed E-state index contributed by atoms with van der Waals surface area (Å²) < 4.78 is 87.4. The molecule has 3 atom stereocenters. The number of likely N-dealkylation sites (tertiary alicyclic amines) is 1. The lowest BCUT2D eigenvalue weighted by molar-refractivity contribution is 0.0469. The molecule has 2 N–H and O–H groups in total. The summed E-state index contributed by atoms with van der Waals surface area (Å²) in [5.74, 6) is -1.25. The molecule has 4 aromatic rings. The van der Waals surface area contributed by atoms with Crippen LogP contribution in [0.1, 0.15) is 48.0 Å². The van der Waals surface area contributed by atoms with E-state index in [1.165, 1.54) is 55.7 Å². The average molecular weight is 865 g/mol. The number of aromatic nitrogens is 2. The predicted molar refractivity (Wildman–Crippen MR) is 222 cm³/mol. The van der Waals surface area contributed by atoms with Crippen LogP contribution in [-0.4, -0.2) is 102 Å². The Kier molecular flexibility index (Phi) is 12.8. The van der Waals surface area contributed by atoms with E-state index in [4.69, 9.17) is 4.74 Å². The summed E-state index contributed by atoms with van der Waals surface area (Å²) in [6.07, 6.45) is 11.5. The van der Waals surface area contributed by atoms with Gasteiger partial charge in [-0.05, 0) is 98.8 Å². The van der Waals surface area contributed by atoms with Gasteiger partial charge in [-0.25, -0.2) is 35.4 Å². The monoisotopic (exact) mass is 864 g/mol. The van der Waals surface area contributed by atoms with Crippen molar-refractivity contribution >= 4 is 37.4 Å². The van der Waals surface area contributed by atoms with Crippen LogP contribution in [0.2, 0.25) is 0 Å². The van der Waals surface area contributed by atoms with Gasteiger partial charge in [0.1, 0.15) is 11.6 Å². The Balaban J connectivity index is 0.992. The first-order valence-corrected chi connectivity index (χ1v) is 23.5. The maximum atomic E-state index is 15.6. The van der Waals surface area contributed by atoms with Gasteiger partial charge in [0, 0.05) is 73.7 Å². The number of rotatable bonds is 14. The van der Waals surface area contributed by atoms with Crippen LogP contribution in [-0.2, 0) is 30.0 Å². The Morgan fingerprint density at radius 3 is 2.38 bits per heavy atom. The third-order valence-electron chi connectivity index (χ3n) is 12.2. The van der Waals surface area contributed by atoms with Crippen molar-refractivity contribution in [3.8, 4) is 0 Å². The highest BCUT2D eigenvalue weighted by atomic mass is 32.2. The standard InChI is InChI=1S/C43H50F2N6O7S2/c1-58-42(53)48-39-12-5-11-37(39)43(51-21-18-46-29-51,33-8-4-9-34(44)24-33)32-15-19-49(20-16-32)26-30-27-50(28-30)40-14-13-36(25-38(40)45)60(56,57)35-10-3-7-31(23-35)41(52)47-17-6-22-59(2,54)55/h3-4,6-10,13-14,18,21-25,29-30,32,37,39H,5,11-12,15-17,19-20,26-28H2,1-2H3,(H,47,52)(H,48,53)/b22-6+/t37-,39-,43?/m0/s1. The molecule has 2 aliphatic heterocycles. The lowest BCUT2D eigenvalue weighted by atomic mass is 9.64. The summed E-state index contributed by atoms with van der Waals surface area (Å²) in [6.45, 7) is 3.55. The van der Waals surface area contributed by atoms with Crippen LogP contribution in [0, 0.1) is 29.4 Å². The Bertz CT molecular complexity index is 2440. The fraction of sp³-hybridized carbons (Fsp3) is 0.419. The molecule has 3 aliphatic rings. The van der Waals surface area contributed by atoms with Gasteiger partial charge in [-0.15, -0.1) is 0 Å². The van der Waals surface area contributed by atoms with Gasteiger partial charge in [0.15, 0.2) is 9.84 Å². The summed E-state index contributed by atoms with van der Waals surface area (Å²) >= 11 is 0. The van der Waals surface area contributed by atoms with Gasteiger partial charge in [0.25, 0.3) is 5.91 Å². The third-order valence-corrected chi connectivity index (χ3v) is 14.6. The highest BCUT2D eigenvalue weighted by Crippen LogP contribution is 2.51. The molecule has 3 fully saturated rings. The van der Waals surface area contributed by atoms with E-state index in [1.54, 1.807) is 18.3 Å². The number of carbonyl (C=O) groups excluding carboxylic acids is 2. The van der Waals surface area contributed by atoms with Crippen molar-refractivity contribution in [2.24, 2.45) is 17.8 Å². The van der Waals surface area contributed by atoms with Crippen molar-refractivity contribution in [3.63, 3.8) is 0 Å². The number of piperidine rings is 1. The second-order valence-corrected chi connectivity index (χ2v) is 19.9. The van der Waals surface area contributed by atoms with E-state index in [2.05, 4.69) is 25.1 Å². The maximum absolute atomic E-state index is 15.6. The third kappa shape index (κ3) is 9.12. The smallest absolute Gasteiger partial charge is 0.407 e. The van der Waals surface area contributed by atoms with Crippen LogP contribution in [0.4, 0.5) is 19.3 Å². The van der Waals surface area contributed by atoms with Crippen LogP contribution >= 0.6 is 0 Å². The van der Waals surface area contributed by atoms with Gasteiger partial charge in [-0.3, -0.25) is 4.79 Å². The van der Waals surface area contributed by atoms with Crippen LogP contribution < -0.4 is 15.5 Å². The van der Waals surface area contributed by atoms with Crippen molar-refractivity contribution in [2.45, 2.75) is 53.5 Å². The maximum Gasteiger partial charge on any atom is 0.407 e. The molecule has 320 valence electrons. The largest absolute Gasteiger partial charge is 0.453 e. The molecule has 3 heterocycles. The number of sulfone groups is 2. The molecule has 2 amide bonds. The molecular formula is C43H50F2N6O7S2.